The summed E-state index contributed by atoms with van der Waals surface area (Å²) in [6.45, 7) is 0. The standard InChI is InChI=1S/C13H9ClFN3/c14-9-4-10(15)6-11(5-9)18-13-2-1-8(7-16)3-12(13)17/h1-6,18H,17H2. The van der Waals surface area contributed by atoms with Crippen LogP contribution in [0.3, 0.4) is 0 Å². The Kier molecular flexibility index (Phi) is 3.35. The Balaban J connectivity index is 2.31. The summed E-state index contributed by atoms with van der Waals surface area (Å²) in [4.78, 5) is 0. The van der Waals surface area contributed by atoms with Gasteiger partial charge < -0.3 is 11.1 Å². The molecule has 0 aliphatic carbocycles. The number of nitrogens with one attached hydrogen (secondary N) is 1. The fourth-order valence-corrected chi connectivity index (χ4v) is 1.75. The molecule has 0 amide bonds. The summed E-state index contributed by atoms with van der Waals surface area (Å²) in [6, 6.07) is 10.9. The highest BCUT2D eigenvalue weighted by atomic mass is 35.5. The first kappa shape index (κ1) is 12.2. The van der Waals surface area contributed by atoms with Crippen LogP contribution in [0.25, 0.3) is 0 Å². The fraction of sp³-hybridized carbons (Fsp3) is 0. The highest BCUT2D eigenvalue weighted by Crippen LogP contribution is 2.26. The number of hydrogen-bond donors (Lipinski definition) is 2. The Labute approximate surface area is 109 Å². The number of nitrogen functional groups attached to an aromatic ring is 1. The van der Waals surface area contributed by atoms with Gasteiger partial charge in [0.15, 0.2) is 0 Å². The Bertz CT molecular complexity index is 614. The van der Waals surface area contributed by atoms with Gasteiger partial charge >= 0.3 is 0 Å². The predicted molar refractivity (Wildman–Crippen MR) is 70.3 cm³/mol. The lowest BCUT2D eigenvalue weighted by molar-refractivity contribution is 0.628. The van der Waals surface area contributed by atoms with Crippen LogP contribution in [0, 0.1) is 17.1 Å². The molecule has 0 aliphatic rings. The molecule has 90 valence electrons. The summed E-state index contributed by atoms with van der Waals surface area (Å²) in [7, 11) is 0. The topological polar surface area (TPSA) is 61.8 Å². The third-order valence-corrected chi connectivity index (χ3v) is 2.54. The smallest absolute Gasteiger partial charge is 0.126 e. The van der Waals surface area contributed by atoms with Crippen LogP contribution in [-0.2, 0) is 0 Å². The first-order valence-corrected chi connectivity index (χ1v) is 5.49. The summed E-state index contributed by atoms with van der Waals surface area (Å²) < 4.78 is 13.2. The summed E-state index contributed by atoms with van der Waals surface area (Å²) in [5.74, 6) is -0.433. The molecule has 2 rings (SSSR count). The molecule has 0 aromatic heterocycles. The molecule has 3 nitrogen and oxygen atoms in total. The zero-order chi connectivity index (χ0) is 13.1. The van der Waals surface area contributed by atoms with Gasteiger partial charge in [0.05, 0.1) is 23.0 Å². The first-order valence-electron chi connectivity index (χ1n) is 5.11. The fourth-order valence-electron chi connectivity index (χ4n) is 1.53. The number of nitrogens with zero attached hydrogens (tertiary/aromatic N) is 1. The lowest BCUT2D eigenvalue weighted by Crippen LogP contribution is -1.97. The molecule has 0 heterocycles. The Morgan fingerprint density at radius 1 is 1.22 bits per heavy atom. The van der Waals surface area contributed by atoms with Crippen molar-refractivity contribution in [3.8, 4) is 6.07 Å². The van der Waals surface area contributed by atoms with Crippen molar-refractivity contribution in [1.82, 2.24) is 0 Å². The van der Waals surface area contributed by atoms with Crippen LogP contribution in [-0.4, -0.2) is 0 Å². The maximum Gasteiger partial charge on any atom is 0.126 e. The number of benzene rings is 2. The van der Waals surface area contributed by atoms with E-state index in [-0.39, 0.29) is 0 Å². The molecular formula is C13H9ClFN3. The summed E-state index contributed by atoms with van der Waals surface area (Å²) in [5.41, 5.74) is 7.75. The van der Waals surface area contributed by atoms with Crippen LogP contribution in [0.2, 0.25) is 5.02 Å². The second kappa shape index (κ2) is 4.94. The van der Waals surface area contributed by atoms with Crippen LogP contribution in [0.4, 0.5) is 21.5 Å². The van der Waals surface area contributed by atoms with Crippen molar-refractivity contribution in [2.45, 2.75) is 0 Å². The van der Waals surface area contributed by atoms with Gasteiger partial charge in [-0.1, -0.05) is 11.6 Å². The van der Waals surface area contributed by atoms with Crippen molar-refractivity contribution in [3.63, 3.8) is 0 Å². The van der Waals surface area contributed by atoms with Crippen molar-refractivity contribution in [3.05, 3.63) is 52.8 Å². The molecule has 0 saturated carbocycles. The van der Waals surface area contributed by atoms with Gasteiger partial charge in [0, 0.05) is 10.7 Å². The van der Waals surface area contributed by atoms with Crippen molar-refractivity contribution < 1.29 is 4.39 Å². The van der Waals surface area contributed by atoms with Gasteiger partial charge in [-0.05, 0) is 36.4 Å². The first-order chi connectivity index (χ1) is 8.58. The van der Waals surface area contributed by atoms with Crippen molar-refractivity contribution in [2.24, 2.45) is 0 Å². The van der Waals surface area contributed by atoms with Gasteiger partial charge in [-0.2, -0.15) is 5.26 Å². The lowest BCUT2D eigenvalue weighted by atomic mass is 10.2. The number of hydrogen-bond acceptors (Lipinski definition) is 3. The minimum Gasteiger partial charge on any atom is -0.397 e. The van der Waals surface area contributed by atoms with Crippen LogP contribution >= 0.6 is 11.6 Å². The highest BCUT2D eigenvalue weighted by molar-refractivity contribution is 6.30. The van der Waals surface area contributed by atoms with Crippen LogP contribution in [0.15, 0.2) is 36.4 Å². The van der Waals surface area contributed by atoms with Crippen LogP contribution < -0.4 is 11.1 Å². The zero-order valence-corrected chi connectivity index (χ0v) is 10.0. The number of nitrogens with two attached hydrogens (primary N) is 1. The number of halogens is 2. The Morgan fingerprint density at radius 3 is 2.61 bits per heavy atom. The largest absolute Gasteiger partial charge is 0.397 e. The molecule has 18 heavy (non-hydrogen) atoms. The quantitative estimate of drug-likeness (QED) is 0.811. The zero-order valence-electron chi connectivity index (χ0n) is 9.24. The summed E-state index contributed by atoms with van der Waals surface area (Å²) in [6.07, 6.45) is 0. The van der Waals surface area contributed by atoms with E-state index in [1.807, 2.05) is 6.07 Å². The van der Waals surface area contributed by atoms with Gasteiger partial charge in [0.2, 0.25) is 0 Å². The molecule has 5 heteroatoms. The Morgan fingerprint density at radius 2 is 2.00 bits per heavy atom. The molecule has 0 saturated heterocycles. The summed E-state index contributed by atoms with van der Waals surface area (Å²) in [5, 5.41) is 12.0. The molecule has 0 bridgehead atoms. The third kappa shape index (κ3) is 2.70. The van der Waals surface area contributed by atoms with Crippen molar-refractivity contribution in [2.75, 3.05) is 11.1 Å². The van der Waals surface area contributed by atoms with E-state index in [4.69, 9.17) is 22.6 Å². The second-order valence-corrected chi connectivity index (χ2v) is 4.13. The SMILES string of the molecule is N#Cc1ccc(Nc2cc(F)cc(Cl)c2)c(N)c1. The average molecular weight is 262 g/mol. The maximum absolute atomic E-state index is 13.2. The van der Waals surface area contributed by atoms with E-state index in [0.29, 0.717) is 27.6 Å². The molecule has 0 spiro atoms. The summed E-state index contributed by atoms with van der Waals surface area (Å²) >= 11 is 5.75. The molecule has 0 atom stereocenters. The van der Waals surface area contributed by atoms with Crippen molar-refractivity contribution >= 4 is 28.7 Å². The minimum absolute atomic E-state index is 0.296. The molecule has 3 N–H and O–H groups in total. The van der Waals surface area contributed by atoms with E-state index in [0.717, 1.165) is 0 Å². The molecular weight excluding hydrogens is 253 g/mol. The van der Waals surface area contributed by atoms with Gasteiger partial charge in [-0.3, -0.25) is 0 Å². The highest BCUT2D eigenvalue weighted by Gasteiger charge is 2.03. The molecule has 2 aromatic rings. The van der Waals surface area contributed by atoms with E-state index >= 15 is 0 Å². The van der Waals surface area contributed by atoms with Gasteiger partial charge in [-0.15, -0.1) is 0 Å². The van der Waals surface area contributed by atoms with Crippen molar-refractivity contribution in [1.29, 1.82) is 5.26 Å². The van der Waals surface area contributed by atoms with E-state index < -0.39 is 5.82 Å². The predicted octanol–water partition coefficient (Wildman–Crippen LogP) is 3.68. The molecule has 0 radical (unpaired) electrons. The van der Waals surface area contributed by atoms with E-state index in [2.05, 4.69) is 5.32 Å². The van der Waals surface area contributed by atoms with E-state index in [1.54, 1.807) is 24.3 Å². The second-order valence-electron chi connectivity index (χ2n) is 3.70. The Hall–Kier alpha value is -2.25. The van der Waals surface area contributed by atoms with Gasteiger partial charge in [0.1, 0.15) is 5.82 Å². The van der Waals surface area contributed by atoms with E-state index in [1.165, 1.54) is 12.1 Å². The number of anilines is 3. The molecule has 0 fully saturated rings. The van der Waals surface area contributed by atoms with E-state index in [9.17, 15) is 4.39 Å². The minimum atomic E-state index is -0.433. The number of nitriles is 1. The molecule has 0 unspecified atom stereocenters. The van der Waals surface area contributed by atoms with Gasteiger partial charge in [0.25, 0.3) is 0 Å². The average Bonchev–Trinajstić information content (AvgIpc) is 2.30. The molecule has 0 aliphatic heterocycles. The lowest BCUT2D eigenvalue weighted by Gasteiger charge is -2.10. The maximum atomic E-state index is 13.2. The van der Waals surface area contributed by atoms with Crippen LogP contribution in [0.1, 0.15) is 5.56 Å². The normalized spacial score (nSPS) is 9.83. The van der Waals surface area contributed by atoms with Crippen LogP contribution in [0.5, 0.6) is 0 Å². The third-order valence-electron chi connectivity index (χ3n) is 2.32. The molecule has 2 aromatic carbocycles. The van der Waals surface area contributed by atoms with Gasteiger partial charge in [-0.25, -0.2) is 4.39 Å². The number of rotatable bonds is 2. The monoisotopic (exact) mass is 261 g/mol.